The molecule has 0 aliphatic carbocycles. The van der Waals surface area contributed by atoms with E-state index in [0.717, 1.165) is 9.15 Å². The van der Waals surface area contributed by atoms with Crippen LogP contribution >= 0.6 is 15.9 Å². The molecule has 0 radical (unpaired) electrons. The molecule has 11 heteroatoms. The lowest BCUT2D eigenvalue weighted by Gasteiger charge is -2.34. The molecule has 3 amide bonds. The normalized spacial score (nSPS) is 14.5. The average Bonchev–Trinajstić information content (AvgIpc) is 3.03. The van der Waals surface area contributed by atoms with Crippen LogP contribution in [0, 0.1) is 0 Å². The number of nitrogens with zero attached hydrogens (tertiary/aromatic N) is 4. The van der Waals surface area contributed by atoms with Gasteiger partial charge in [-0.3, -0.25) is 14.8 Å². The summed E-state index contributed by atoms with van der Waals surface area (Å²) in [6.07, 6.45) is -1.17. The molecular weight excluding hydrogens is 438 g/mol. The Balaban J connectivity index is 1.71. The first kappa shape index (κ1) is 20.1. The largest absolute Gasteiger partial charge is 0.359 e. The summed E-state index contributed by atoms with van der Waals surface area (Å²) in [6.45, 7) is 0.892. The van der Waals surface area contributed by atoms with E-state index in [4.69, 9.17) is 0 Å². The van der Waals surface area contributed by atoms with Crippen LogP contribution in [0.2, 0.25) is 0 Å². The Kier molecular flexibility index (Phi) is 6.12. The van der Waals surface area contributed by atoms with E-state index in [2.05, 4.69) is 31.7 Å². The first-order valence-electron chi connectivity index (χ1n) is 8.50. The number of hydrogen-bond donors (Lipinski definition) is 2. The maximum Gasteiger partial charge on any atom is 0.324 e. The van der Waals surface area contributed by atoms with Gasteiger partial charge < -0.3 is 15.1 Å². The second-order valence-electron chi connectivity index (χ2n) is 6.29. The number of piperazine rings is 1. The fraction of sp³-hybridized carbons (Fsp3) is 0.353. The van der Waals surface area contributed by atoms with Crippen LogP contribution in [0.15, 0.2) is 34.9 Å². The minimum Gasteiger partial charge on any atom is -0.359 e. The predicted molar refractivity (Wildman–Crippen MR) is 105 cm³/mol. The van der Waals surface area contributed by atoms with Gasteiger partial charge in [0.2, 0.25) is 5.91 Å². The van der Waals surface area contributed by atoms with Crippen LogP contribution in [0.25, 0.3) is 0 Å². The molecule has 1 aromatic heterocycles. The van der Waals surface area contributed by atoms with Crippen molar-refractivity contribution < 1.29 is 18.4 Å². The second kappa shape index (κ2) is 8.55. The molecule has 150 valence electrons. The van der Waals surface area contributed by atoms with Gasteiger partial charge in [-0.1, -0.05) is 15.9 Å². The molecule has 0 spiro atoms. The van der Waals surface area contributed by atoms with Crippen LogP contribution in [0.1, 0.15) is 0 Å². The summed E-state index contributed by atoms with van der Waals surface area (Å²) in [4.78, 5) is 27.9. The number of rotatable bonds is 5. The predicted octanol–water partition coefficient (Wildman–Crippen LogP) is 2.83. The number of amides is 3. The second-order valence-corrected chi connectivity index (χ2v) is 7.21. The van der Waals surface area contributed by atoms with Gasteiger partial charge in [-0.25, -0.2) is 13.6 Å². The number of nitrogens with one attached hydrogen (secondary N) is 2. The van der Waals surface area contributed by atoms with E-state index in [-0.39, 0.29) is 18.3 Å². The number of likely N-dealkylation sites (N-methyl/N-ethyl adjacent to an activating group) is 1. The molecule has 2 aromatic rings. The quantitative estimate of drug-likeness (QED) is 0.724. The van der Waals surface area contributed by atoms with E-state index < -0.39 is 19.0 Å². The number of aromatic nitrogens is 2. The zero-order chi connectivity index (χ0) is 20.3. The SMILES string of the molecule is CN1CCN(c2ccc(Br)cc2NC(=O)Nc2ccn(CC(F)F)n2)CC1=O. The number of carbonyl (C=O) groups excluding carboxylic acids is 2. The lowest BCUT2D eigenvalue weighted by molar-refractivity contribution is -0.129. The number of benzene rings is 1. The highest BCUT2D eigenvalue weighted by molar-refractivity contribution is 9.10. The lowest BCUT2D eigenvalue weighted by atomic mass is 10.2. The zero-order valence-electron chi connectivity index (χ0n) is 15.0. The van der Waals surface area contributed by atoms with Crippen LogP contribution < -0.4 is 15.5 Å². The summed E-state index contributed by atoms with van der Waals surface area (Å²) in [5, 5.41) is 9.12. The Morgan fingerprint density at radius 2 is 2.07 bits per heavy atom. The Bertz CT molecular complexity index is 875. The van der Waals surface area contributed by atoms with Gasteiger partial charge in [0.15, 0.2) is 5.82 Å². The van der Waals surface area contributed by atoms with E-state index in [1.165, 1.54) is 12.3 Å². The molecule has 1 aromatic carbocycles. The maximum absolute atomic E-state index is 12.4. The van der Waals surface area contributed by atoms with Crippen molar-refractivity contribution in [3.05, 3.63) is 34.9 Å². The maximum atomic E-state index is 12.4. The summed E-state index contributed by atoms with van der Waals surface area (Å²) >= 11 is 3.37. The van der Waals surface area contributed by atoms with Crippen LogP contribution in [0.4, 0.5) is 30.8 Å². The van der Waals surface area contributed by atoms with E-state index in [1.807, 2.05) is 17.0 Å². The monoisotopic (exact) mass is 456 g/mol. The summed E-state index contributed by atoms with van der Waals surface area (Å²) in [5.41, 5.74) is 1.22. The van der Waals surface area contributed by atoms with Gasteiger partial charge in [0.05, 0.1) is 17.9 Å². The van der Waals surface area contributed by atoms with Gasteiger partial charge >= 0.3 is 6.03 Å². The smallest absolute Gasteiger partial charge is 0.324 e. The molecule has 8 nitrogen and oxygen atoms in total. The highest BCUT2D eigenvalue weighted by Crippen LogP contribution is 2.30. The third kappa shape index (κ3) is 4.97. The topological polar surface area (TPSA) is 82.5 Å². The highest BCUT2D eigenvalue weighted by Gasteiger charge is 2.23. The fourth-order valence-corrected chi connectivity index (χ4v) is 3.15. The van der Waals surface area contributed by atoms with E-state index >= 15 is 0 Å². The summed E-state index contributed by atoms with van der Waals surface area (Å²) in [5.74, 6) is 0.151. The van der Waals surface area contributed by atoms with Gasteiger partial charge in [0.25, 0.3) is 6.43 Å². The van der Waals surface area contributed by atoms with Gasteiger partial charge in [-0.05, 0) is 18.2 Å². The summed E-state index contributed by atoms with van der Waals surface area (Å²) < 4.78 is 26.6. The lowest BCUT2D eigenvalue weighted by Crippen LogP contribution is -2.48. The molecule has 1 fully saturated rings. The molecule has 28 heavy (non-hydrogen) atoms. The minimum absolute atomic E-state index is 0.00543. The minimum atomic E-state index is -2.53. The van der Waals surface area contributed by atoms with Crippen molar-refractivity contribution in [2.24, 2.45) is 0 Å². The van der Waals surface area contributed by atoms with Crippen molar-refractivity contribution >= 4 is 45.1 Å². The Morgan fingerprint density at radius 3 is 2.79 bits per heavy atom. The molecule has 0 atom stereocenters. The Morgan fingerprint density at radius 1 is 1.29 bits per heavy atom. The van der Waals surface area contributed by atoms with E-state index in [0.29, 0.717) is 24.5 Å². The molecule has 1 saturated heterocycles. The Labute approximate surface area is 168 Å². The van der Waals surface area contributed by atoms with Gasteiger partial charge in [-0.2, -0.15) is 5.10 Å². The van der Waals surface area contributed by atoms with Crippen molar-refractivity contribution in [2.45, 2.75) is 13.0 Å². The highest BCUT2D eigenvalue weighted by atomic mass is 79.9. The number of carbonyl (C=O) groups is 2. The molecule has 0 saturated carbocycles. The Hall–Kier alpha value is -2.69. The number of alkyl halides is 2. The summed E-state index contributed by atoms with van der Waals surface area (Å²) in [7, 11) is 1.75. The van der Waals surface area contributed by atoms with Crippen LogP contribution in [0.5, 0.6) is 0 Å². The first-order valence-corrected chi connectivity index (χ1v) is 9.29. The van der Waals surface area contributed by atoms with Gasteiger partial charge in [0, 0.05) is 36.9 Å². The van der Waals surface area contributed by atoms with Gasteiger partial charge in [0.1, 0.15) is 6.54 Å². The molecule has 1 aliphatic heterocycles. The molecule has 1 aliphatic rings. The number of urea groups is 1. The number of hydrogen-bond acceptors (Lipinski definition) is 4. The van der Waals surface area contributed by atoms with Gasteiger partial charge in [-0.15, -0.1) is 0 Å². The van der Waals surface area contributed by atoms with Crippen molar-refractivity contribution in [1.29, 1.82) is 0 Å². The molecular formula is C17H19BrF2N6O2. The average molecular weight is 457 g/mol. The number of halogens is 3. The van der Waals surface area contributed by atoms with Crippen LogP contribution in [-0.2, 0) is 11.3 Å². The van der Waals surface area contributed by atoms with Crippen molar-refractivity contribution in [1.82, 2.24) is 14.7 Å². The molecule has 3 rings (SSSR count). The standard InChI is InChI=1S/C17H19BrF2N6O2/c1-24-6-7-25(10-16(24)27)13-3-2-11(18)8-12(13)21-17(28)22-15-4-5-26(23-15)9-14(19)20/h2-5,8,14H,6-7,9-10H2,1H3,(H2,21,22,23,28). The third-order valence-corrected chi connectivity index (χ3v) is 4.71. The zero-order valence-corrected chi connectivity index (χ0v) is 16.6. The van der Waals surface area contributed by atoms with Crippen molar-refractivity contribution in [3.63, 3.8) is 0 Å². The van der Waals surface area contributed by atoms with Crippen molar-refractivity contribution in [3.8, 4) is 0 Å². The van der Waals surface area contributed by atoms with Crippen LogP contribution in [0.3, 0.4) is 0 Å². The fourth-order valence-electron chi connectivity index (χ4n) is 2.79. The van der Waals surface area contributed by atoms with E-state index in [1.54, 1.807) is 18.0 Å². The number of anilines is 3. The van der Waals surface area contributed by atoms with Crippen LogP contribution in [-0.4, -0.2) is 59.7 Å². The van der Waals surface area contributed by atoms with E-state index in [9.17, 15) is 18.4 Å². The molecule has 0 unspecified atom stereocenters. The molecule has 0 bridgehead atoms. The van der Waals surface area contributed by atoms with Crippen molar-refractivity contribution in [2.75, 3.05) is 42.2 Å². The molecule has 2 N–H and O–H groups in total. The third-order valence-electron chi connectivity index (χ3n) is 4.21. The first-order chi connectivity index (χ1) is 13.3. The molecule has 2 heterocycles. The summed E-state index contributed by atoms with van der Waals surface area (Å²) in [6, 6.07) is 6.24.